The molecule has 0 aromatic heterocycles. The van der Waals surface area contributed by atoms with Crippen LogP contribution in [0.3, 0.4) is 0 Å². The molecule has 2 rings (SSSR count). The van der Waals surface area contributed by atoms with Gasteiger partial charge in [-0.05, 0) is 31.2 Å². The number of piperazine rings is 1. The molecule has 1 aliphatic heterocycles. The van der Waals surface area contributed by atoms with Gasteiger partial charge < -0.3 is 9.80 Å². The van der Waals surface area contributed by atoms with Crippen LogP contribution in [-0.4, -0.2) is 49.0 Å². The van der Waals surface area contributed by atoms with Crippen LogP contribution in [0, 0.1) is 0 Å². The van der Waals surface area contributed by atoms with E-state index >= 15 is 0 Å². The molecule has 4 heteroatoms. The molecule has 1 aliphatic rings. The Labute approximate surface area is 132 Å². The molecule has 21 heavy (non-hydrogen) atoms. The van der Waals surface area contributed by atoms with Crippen LogP contribution in [0.5, 0.6) is 0 Å². The third-order valence-electron chi connectivity index (χ3n) is 3.66. The predicted molar refractivity (Wildman–Crippen MR) is 92.9 cm³/mol. The second-order valence-corrected chi connectivity index (χ2v) is 6.68. The minimum absolute atomic E-state index is 0.194. The van der Waals surface area contributed by atoms with Crippen LogP contribution in [0.15, 0.2) is 30.3 Å². The fourth-order valence-electron chi connectivity index (χ4n) is 2.35. The Bertz CT molecular complexity index is 476. The highest BCUT2D eigenvalue weighted by Gasteiger charge is 2.13. The topological polar surface area (TPSA) is 23.6 Å². The van der Waals surface area contributed by atoms with Crippen molar-refractivity contribution in [3.8, 4) is 0 Å². The van der Waals surface area contributed by atoms with Gasteiger partial charge in [-0.1, -0.05) is 36.0 Å². The SMILES string of the molecule is CC(=O)SCCC=Cc1ccc(N2CCN(C)CC2)cc1. The molecule has 1 fully saturated rings. The van der Waals surface area contributed by atoms with E-state index in [2.05, 4.69) is 53.3 Å². The van der Waals surface area contributed by atoms with Crippen molar-refractivity contribution in [1.29, 1.82) is 0 Å². The van der Waals surface area contributed by atoms with E-state index in [-0.39, 0.29) is 5.12 Å². The summed E-state index contributed by atoms with van der Waals surface area (Å²) in [5.41, 5.74) is 2.54. The van der Waals surface area contributed by atoms with E-state index < -0.39 is 0 Å². The molecular formula is C17H24N2OS. The van der Waals surface area contributed by atoms with Crippen molar-refractivity contribution in [2.24, 2.45) is 0 Å². The van der Waals surface area contributed by atoms with Crippen molar-refractivity contribution in [1.82, 2.24) is 4.90 Å². The average molecular weight is 304 g/mol. The molecular weight excluding hydrogens is 280 g/mol. The van der Waals surface area contributed by atoms with Gasteiger partial charge in [0.15, 0.2) is 5.12 Å². The first kappa shape index (κ1) is 16.1. The van der Waals surface area contributed by atoms with Crippen molar-refractivity contribution in [2.45, 2.75) is 13.3 Å². The van der Waals surface area contributed by atoms with Crippen molar-refractivity contribution in [3.63, 3.8) is 0 Å². The average Bonchev–Trinajstić information content (AvgIpc) is 2.48. The smallest absolute Gasteiger partial charge is 0.185 e. The summed E-state index contributed by atoms with van der Waals surface area (Å²) in [4.78, 5) is 15.6. The number of anilines is 1. The summed E-state index contributed by atoms with van der Waals surface area (Å²) in [6, 6.07) is 8.75. The summed E-state index contributed by atoms with van der Waals surface area (Å²) in [5.74, 6) is 0.866. The number of hydrogen-bond acceptors (Lipinski definition) is 4. The summed E-state index contributed by atoms with van der Waals surface area (Å²) >= 11 is 1.39. The van der Waals surface area contributed by atoms with Gasteiger partial charge in [0.1, 0.15) is 0 Å². The van der Waals surface area contributed by atoms with Gasteiger partial charge in [-0.15, -0.1) is 0 Å². The quantitative estimate of drug-likeness (QED) is 0.780. The van der Waals surface area contributed by atoms with Crippen molar-refractivity contribution in [2.75, 3.05) is 43.9 Å². The minimum Gasteiger partial charge on any atom is -0.369 e. The van der Waals surface area contributed by atoms with E-state index in [0.717, 1.165) is 38.4 Å². The number of rotatable bonds is 5. The Morgan fingerprint density at radius 3 is 2.48 bits per heavy atom. The molecule has 1 saturated heterocycles. The number of hydrogen-bond donors (Lipinski definition) is 0. The minimum atomic E-state index is 0.194. The number of carbonyl (C=O) groups excluding carboxylic acids is 1. The summed E-state index contributed by atoms with van der Waals surface area (Å²) in [5, 5.41) is 0.194. The summed E-state index contributed by atoms with van der Waals surface area (Å²) < 4.78 is 0. The van der Waals surface area contributed by atoms with Crippen LogP contribution in [0.1, 0.15) is 18.9 Å². The lowest BCUT2D eigenvalue weighted by Crippen LogP contribution is -2.44. The molecule has 0 unspecified atom stereocenters. The molecule has 3 nitrogen and oxygen atoms in total. The van der Waals surface area contributed by atoms with Gasteiger partial charge in [-0.3, -0.25) is 4.79 Å². The molecule has 0 spiro atoms. The molecule has 0 atom stereocenters. The zero-order chi connectivity index (χ0) is 15.1. The Balaban J connectivity index is 1.81. The van der Waals surface area contributed by atoms with E-state index in [4.69, 9.17) is 0 Å². The fraction of sp³-hybridized carbons (Fsp3) is 0.471. The summed E-state index contributed by atoms with van der Waals surface area (Å²) in [6.07, 6.45) is 5.21. The Morgan fingerprint density at radius 2 is 1.86 bits per heavy atom. The third kappa shape index (κ3) is 5.56. The Hall–Kier alpha value is -1.26. The second kappa shape index (κ2) is 8.25. The fourth-order valence-corrected chi connectivity index (χ4v) is 2.89. The standard InChI is InChI=1S/C17H24N2OS/c1-15(20)21-14-4-3-5-16-6-8-17(9-7-16)19-12-10-18(2)11-13-19/h3,5-9H,4,10-14H2,1-2H3. The monoisotopic (exact) mass is 304 g/mol. The maximum Gasteiger partial charge on any atom is 0.185 e. The van der Waals surface area contributed by atoms with Gasteiger partial charge in [-0.25, -0.2) is 0 Å². The third-order valence-corrected chi connectivity index (χ3v) is 4.51. The largest absolute Gasteiger partial charge is 0.369 e. The summed E-state index contributed by atoms with van der Waals surface area (Å²) in [7, 11) is 2.18. The molecule has 1 aromatic carbocycles. The van der Waals surface area contributed by atoms with Gasteiger partial charge in [0.05, 0.1) is 0 Å². The molecule has 0 aliphatic carbocycles. The predicted octanol–water partition coefficient (Wildman–Crippen LogP) is 3.12. The maximum atomic E-state index is 10.8. The molecule has 0 radical (unpaired) electrons. The van der Waals surface area contributed by atoms with E-state index in [9.17, 15) is 4.79 Å². The first-order valence-electron chi connectivity index (χ1n) is 7.48. The zero-order valence-corrected chi connectivity index (χ0v) is 13.7. The highest BCUT2D eigenvalue weighted by atomic mass is 32.2. The van der Waals surface area contributed by atoms with E-state index in [1.807, 2.05) is 0 Å². The van der Waals surface area contributed by atoms with Crippen LogP contribution in [-0.2, 0) is 4.79 Å². The molecule has 0 bridgehead atoms. The lowest BCUT2D eigenvalue weighted by atomic mass is 10.1. The number of likely N-dealkylation sites (N-methyl/N-ethyl adjacent to an activating group) is 1. The van der Waals surface area contributed by atoms with Crippen LogP contribution >= 0.6 is 11.8 Å². The molecule has 0 saturated carbocycles. The lowest BCUT2D eigenvalue weighted by molar-refractivity contribution is -0.109. The summed E-state index contributed by atoms with van der Waals surface area (Å²) in [6.45, 7) is 6.10. The lowest BCUT2D eigenvalue weighted by Gasteiger charge is -2.34. The number of allylic oxidation sites excluding steroid dienone is 1. The van der Waals surface area contributed by atoms with E-state index in [1.54, 1.807) is 6.92 Å². The molecule has 114 valence electrons. The molecule has 1 heterocycles. The van der Waals surface area contributed by atoms with Crippen LogP contribution in [0.25, 0.3) is 6.08 Å². The molecule has 0 amide bonds. The van der Waals surface area contributed by atoms with Crippen molar-refractivity contribution in [3.05, 3.63) is 35.9 Å². The Kier molecular flexibility index (Phi) is 6.33. The van der Waals surface area contributed by atoms with Gasteiger partial charge >= 0.3 is 0 Å². The normalized spacial score (nSPS) is 16.6. The molecule has 0 N–H and O–H groups in total. The number of nitrogens with zero attached hydrogens (tertiary/aromatic N) is 2. The van der Waals surface area contributed by atoms with Gasteiger partial charge in [-0.2, -0.15) is 0 Å². The zero-order valence-electron chi connectivity index (χ0n) is 12.9. The molecule has 1 aromatic rings. The van der Waals surface area contributed by atoms with Gasteiger partial charge in [0.25, 0.3) is 0 Å². The highest BCUT2D eigenvalue weighted by Crippen LogP contribution is 2.18. The van der Waals surface area contributed by atoms with Crippen LogP contribution < -0.4 is 4.90 Å². The van der Waals surface area contributed by atoms with Gasteiger partial charge in [0, 0.05) is 44.5 Å². The highest BCUT2D eigenvalue weighted by molar-refractivity contribution is 8.13. The van der Waals surface area contributed by atoms with Gasteiger partial charge in [0.2, 0.25) is 0 Å². The van der Waals surface area contributed by atoms with Crippen molar-refractivity contribution < 1.29 is 4.79 Å². The second-order valence-electron chi connectivity index (χ2n) is 5.41. The van der Waals surface area contributed by atoms with E-state index in [0.29, 0.717) is 0 Å². The van der Waals surface area contributed by atoms with Crippen molar-refractivity contribution >= 4 is 28.6 Å². The van der Waals surface area contributed by atoms with E-state index in [1.165, 1.54) is 23.0 Å². The number of benzene rings is 1. The maximum absolute atomic E-state index is 10.8. The first-order valence-corrected chi connectivity index (χ1v) is 8.47. The van der Waals surface area contributed by atoms with Crippen LogP contribution in [0.2, 0.25) is 0 Å². The first-order chi connectivity index (χ1) is 10.1. The number of carbonyl (C=O) groups is 1. The Morgan fingerprint density at radius 1 is 1.19 bits per heavy atom. The van der Waals surface area contributed by atoms with Crippen LogP contribution in [0.4, 0.5) is 5.69 Å². The number of thioether (sulfide) groups is 1.